The average molecular weight is 416 g/mol. The lowest BCUT2D eigenvalue weighted by molar-refractivity contribution is -0.121. The Morgan fingerprint density at radius 1 is 1.21 bits per heavy atom. The Labute approximate surface area is 176 Å². The molecule has 1 fully saturated rings. The van der Waals surface area contributed by atoms with Gasteiger partial charge in [-0.25, -0.2) is 0 Å². The van der Waals surface area contributed by atoms with E-state index in [0.29, 0.717) is 23.6 Å². The number of thioether (sulfide) groups is 1. The van der Waals surface area contributed by atoms with Gasteiger partial charge < -0.3 is 15.2 Å². The molecule has 1 saturated carbocycles. The third kappa shape index (κ3) is 5.82. The first kappa shape index (κ1) is 21.4. The van der Waals surface area contributed by atoms with Crippen molar-refractivity contribution in [3.63, 3.8) is 0 Å². The van der Waals surface area contributed by atoms with Gasteiger partial charge in [0.15, 0.2) is 5.16 Å². The molecule has 8 heteroatoms. The number of carbonyl (C=O) groups is 2. The van der Waals surface area contributed by atoms with Gasteiger partial charge >= 0.3 is 0 Å². The number of amides is 2. The topological polar surface area (TPSA) is 88.9 Å². The second-order valence-electron chi connectivity index (χ2n) is 7.48. The number of aromatic nitrogens is 3. The molecule has 1 atom stereocenters. The van der Waals surface area contributed by atoms with Gasteiger partial charge in [0, 0.05) is 18.3 Å². The van der Waals surface area contributed by atoms with E-state index in [0.717, 1.165) is 24.1 Å². The summed E-state index contributed by atoms with van der Waals surface area (Å²) in [7, 11) is 0. The minimum absolute atomic E-state index is 0.0335. The molecular formula is C21H29N5O2S. The van der Waals surface area contributed by atoms with Crippen molar-refractivity contribution in [3.05, 3.63) is 35.7 Å². The first-order valence-corrected chi connectivity index (χ1v) is 11.1. The lowest BCUT2D eigenvalue weighted by Gasteiger charge is -2.16. The summed E-state index contributed by atoms with van der Waals surface area (Å²) in [5, 5.41) is 14.8. The Kier molecular flexibility index (Phi) is 7.30. The molecule has 29 heavy (non-hydrogen) atoms. The van der Waals surface area contributed by atoms with Crippen LogP contribution in [-0.4, -0.2) is 37.9 Å². The van der Waals surface area contributed by atoms with Crippen molar-refractivity contribution in [3.8, 4) is 0 Å². The summed E-state index contributed by atoms with van der Waals surface area (Å²) >= 11 is 1.39. The first-order valence-electron chi connectivity index (χ1n) is 10.2. The third-order valence-corrected chi connectivity index (χ3v) is 6.20. The molecule has 1 aliphatic rings. The lowest BCUT2D eigenvalue weighted by atomic mass is 10.2. The van der Waals surface area contributed by atoms with Crippen LogP contribution in [0.5, 0.6) is 0 Å². The van der Waals surface area contributed by atoms with Gasteiger partial charge in [-0.2, -0.15) is 0 Å². The number of rotatable bonds is 8. The van der Waals surface area contributed by atoms with Gasteiger partial charge in [-0.3, -0.25) is 9.59 Å². The number of carbonyl (C=O) groups excluding carboxylic acids is 2. The minimum Gasteiger partial charge on any atom is -0.352 e. The molecule has 1 aromatic carbocycles. The van der Waals surface area contributed by atoms with Crippen LogP contribution in [-0.2, 0) is 22.6 Å². The third-order valence-electron chi connectivity index (χ3n) is 5.12. The standard InChI is InChI=1S/C21H29N5O2S/c1-4-26-18(13-19(27)22-17-11-9-14(2)10-12-17)24-25-21(26)29-15(3)20(28)23-16-7-5-6-8-16/h9-12,15-16H,4-8,13H2,1-3H3,(H,22,27)(H,23,28)/t15-/m1/s1. The summed E-state index contributed by atoms with van der Waals surface area (Å²) in [5.74, 6) is 0.494. The highest BCUT2D eigenvalue weighted by molar-refractivity contribution is 8.00. The maximum Gasteiger partial charge on any atom is 0.233 e. The van der Waals surface area contributed by atoms with Crippen LogP contribution in [0.3, 0.4) is 0 Å². The monoisotopic (exact) mass is 415 g/mol. The number of hydrogen-bond donors (Lipinski definition) is 2. The lowest BCUT2D eigenvalue weighted by Crippen LogP contribution is -2.37. The Bertz CT molecular complexity index is 843. The van der Waals surface area contributed by atoms with Crippen molar-refractivity contribution in [2.75, 3.05) is 5.32 Å². The normalized spacial score (nSPS) is 15.3. The van der Waals surface area contributed by atoms with E-state index in [1.165, 1.54) is 24.6 Å². The van der Waals surface area contributed by atoms with Crippen LogP contribution >= 0.6 is 11.8 Å². The molecule has 0 spiro atoms. The fourth-order valence-electron chi connectivity index (χ4n) is 3.44. The van der Waals surface area contributed by atoms with Crippen LogP contribution < -0.4 is 10.6 Å². The van der Waals surface area contributed by atoms with Crippen molar-refractivity contribution in [1.29, 1.82) is 0 Å². The number of nitrogens with zero attached hydrogens (tertiary/aromatic N) is 3. The average Bonchev–Trinajstić information content (AvgIpc) is 3.33. The quantitative estimate of drug-likeness (QED) is 0.646. The van der Waals surface area contributed by atoms with E-state index >= 15 is 0 Å². The molecular weight excluding hydrogens is 386 g/mol. The zero-order valence-corrected chi connectivity index (χ0v) is 18.1. The SMILES string of the molecule is CCn1c(CC(=O)Nc2ccc(C)cc2)nnc1S[C@H](C)C(=O)NC1CCCC1. The Hall–Kier alpha value is -2.35. The van der Waals surface area contributed by atoms with Crippen LogP contribution in [0, 0.1) is 6.92 Å². The molecule has 0 aliphatic heterocycles. The molecule has 0 radical (unpaired) electrons. The van der Waals surface area contributed by atoms with E-state index in [9.17, 15) is 9.59 Å². The molecule has 1 heterocycles. The Morgan fingerprint density at radius 2 is 1.90 bits per heavy atom. The number of nitrogens with one attached hydrogen (secondary N) is 2. The second-order valence-corrected chi connectivity index (χ2v) is 8.79. The zero-order valence-electron chi connectivity index (χ0n) is 17.3. The summed E-state index contributed by atoms with van der Waals surface area (Å²) in [5.41, 5.74) is 1.90. The Balaban J connectivity index is 1.59. The number of anilines is 1. The molecule has 2 aromatic rings. The zero-order chi connectivity index (χ0) is 20.8. The highest BCUT2D eigenvalue weighted by atomic mass is 32.2. The van der Waals surface area contributed by atoms with Gasteiger partial charge in [-0.05, 0) is 45.7 Å². The predicted molar refractivity (Wildman–Crippen MR) is 115 cm³/mol. The fourth-order valence-corrected chi connectivity index (χ4v) is 4.38. The van der Waals surface area contributed by atoms with E-state index in [-0.39, 0.29) is 23.5 Å². The van der Waals surface area contributed by atoms with Crippen molar-refractivity contribution in [1.82, 2.24) is 20.1 Å². The smallest absolute Gasteiger partial charge is 0.233 e. The number of benzene rings is 1. The van der Waals surface area contributed by atoms with Gasteiger partial charge in [0.05, 0.1) is 11.7 Å². The summed E-state index contributed by atoms with van der Waals surface area (Å²) in [6.45, 7) is 6.51. The van der Waals surface area contributed by atoms with Crippen LogP contribution in [0.1, 0.15) is 50.9 Å². The summed E-state index contributed by atoms with van der Waals surface area (Å²) in [6.07, 6.45) is 4.64. The van der Waals surface area contributed by atoms with E-state index in [4.69, 9.17) is 0 Å². The van der Waals surface area contributed by atoms with Crippen LogP contribution in [0.25, 0.3) is 0 Å². The first-order chi connectivity index (χ1) is 14.0. The minimum atomic E-state index is -0.265. The van der Waals surface area contributed by atoms with Crippen LogP contribution in [0.2, 0.25) is 0 Å². The summed E-state index contributed by atoms with van der Waals surface area (Å²) < 4.78 is 1.90. The number of aryl methyl sites for hydroxylation is 1. The molecule has 3 rings (SSSR count). The second kappa shape index (κ2) is 9.91. The predicted octanol–water partition coefficient (Wildman–Crippen LogP) is 3.33. The maximum atomic E-state index is 12.5. The van der Waals surface area contributed by atoms with E-state index < -0.39 is 0 Å². The van der Waals surface area contributed by atoms with Crippen LogP contribution in [0.4, 0.5) is 5.69 Å². The highest BCUT2D eigenvalue weighted by Crippen LogP contribution is 2.24. The molecule has 0 unspecified atom stereocenters. The van der Waals surface area contributed by atoms with Gasteiger partial charge in [0.1, 0.15) is 5.82 Å². The summed E-state index contributed by atoms with van der Waals surface area (Å²) in [6, 6.07) is 7.97. The largest absolute Gasteiger partial charge is 0.352 e. The van der Waals surface area contributed by atoms with E-state index in [1.807, 2.05) is 49.6 Å². The van der Waals surface area contributed by atoms with Gasteiger partial charge in [-0.1, -0.05) is 42.3 Å². The van der Waals surface area contributed by atoms with Crippen LogP contribution in [0.15, 0.2) is 29.4 Å². The maximum absolute atomic E-state index is 12.5. The summed E-state index contributed by atoms with van der Waals surface area (Å²) in [4.78, 5) is 24.9. The molecule has 7 nitrogen and oxygen atoms in total. The molecule has 0 saturated heterocycles. The number of hydrogen-bond acceptors (Lipinski definition) is 5. The van der Waals surface area contributed by atoms with Gasteiger partial charge in [0.2, 0.25) is 11.8 Å². The molecule has 1 aromatic heterocycles. The molecule has 0 bridgehead atoms. The van der Waals surface area contributed by atoms with Crippen molar-refractivity contribution in [2.24, 2.45) is 0 Å². The Morgan fingerprint density at radius 3 is 2.55 bits per heavy atom. The molecule has 2 amide bonds. The van der Waals surface area contributed by atoms with Gasteiger partial charge in [0.25, 0.3) is 0 Å². The molecule has 156 valence electrons. The van der Waals surface area contributed by atoms with Crippen molar-refractivity contribution < 1.29 is 9.59 Å². The molecule has 2 N–H and O–H groups in total. The van der Waals surface area contributed by atoms with Crippen molar-refractivity contribution >= 4 is 29.3 Å². The van der Waals surface area contributed by atoms with E-state index in [2.05, 4.69) is 20.8 Å². The van der Waals surface area contributed by atoms with Gasteiger partial charge in [-0.15, -0.1) is 10.2 Å². The molecule has 1 aliphatic carbocycles. The fraction of sp³-hybridized carbons (Fsp3) is 0.524. The van der Waals surface area contributed by atoms with Crippen molar-refractivity contribution in [2.45, 2.75) is 75.9 Å². The highest BCUT2D eigenvalue weighted by Gasteiger charge is 2.24. The van der Waals surface area contributed by atoms with E-state index in [1.54, 1.807) is 0 Å².